The number of benzene rings is 2. The highest BCUT2D eigenvalue weighted by Gasteiger charge is 2.42. The summed E-state index contributed by atoms with van der Waals surface area (Å²) in [4.78, 5) is 0. The highest BCUT2D eigenvalue weighted by atomic mass is 19.1. The van der Waals surface area contributed by atoms with E-state index in [-0.39, 0.29) is 24.1 Å². The average molecular weight is 311 g/mol. The Kier molecular flexibility index (Phi) is 3.70. The lowest BCUT2D eigenvalue weighted by molar-refractivity contribution is 0.0239. The normalized spacial score (nSPS) is 26.8. The zero-order valence-corrected chi connectivity index (χ0v) is 13.6. The number of halogens is 1. The average Bonchev–Trinajstić information content (AvgIpc) is 2.96. The smallest absolute Gasteiger partial charge is 0.123 e. The van der Waals surface area contributed by atoms with Gasteiger partial charge in [0.2, 0.25) is 0 Å². The molecule has 0 radical (unpaired) electrons. The highest BCUT2D eigenvalue weighted by molar-refractivity contribution is 5.45. The molecule has 4 atom stereocenters. The predicted molar refractivity (Wildman–Crippen MR) is 89.1 cm³/mol. The summed E-state index contributed by atoms with van der Waals surface area (Å²) in [6.45, 7) is 2.15. The largest absolute Gasteiger partial charge is 0.368 e. The van der Waals surface area contributed by atoms with E-state index in [9.17, 15) is 4.39 Å². The van der Waals surface area contributed by atoms with Crippen molar-refractivity contribution >= 4 is 0 Å². The quantitative estimate of drug-likeness (QED) is 0.906. The summed E-state index contributed by atoms with van der Waals surface area (Å²) in [5.41, 5.74) is 4.91. The first kappa shape index (κ1) is 14.9. The molecule has 1 N–H and O–H groups in total. The van der Waals surface area contributed by atoms with Crippen LogP contribution in [0, 0.1) is 5.82 Å². The van der Waals surface area contributed by atoms with Gasteiger partial charge in [-0.1, -0.05) is 30.3 Å². The van der Waals surface area contributed by atoms with Crippen LogP contribution in [0.1, 0.15) is 47.6 Å². The number of ether oxygens (including phenoxy) is 1. The first-order chi connectivity index (χ1) is 11.2. The van der Waals surface area contributed by atoms with Crippen molar-refractivity contribution in [2.75, 3.05) is 7.05 Å². The maximum atomic E-state index is 13.9. The molecular formula is C20H22FNO. The second-order valence-corrected chi connectivity index (χ2v) is 6.73. The fraction of sp³-hybridized carbons (Fsp3) is 0.400. The van der Waals surface area contributed by atoms with E-state index in [4.69, 9.17) is 4.74 Å². The molecule has 1 saturated heterocycles. The number of hydrogen-bond acceptors (Lipinski definition) is 2. The lowest BCUT2D eigenvalue weighted by atomic mass is 9.86. The van der Waals surface area contributed by atoms with Crippen molar-refractivity contribution < 1.29 is 9.13 Å². The van der Waals surface area contributed by atoms with Gasteiger partial charge < -0.3 is 10.1 Å². The first-order valence-corrected chi connectivity index (χ1v) is 8.36. The molecule has 0 bridgehead atoms. The molecule has 0 spiro atoms. The Labute approximate surface area is 136 Å². The molecule has 1 heterocycles. The summed E-state index contributed by atoms with van der Waals surface area (Å²) in [6, 6.07) is 14.0. The van der Waals surface area contributed by atoms with Gasteiger partial charge in [-0.2, -0.15) is 0 Å². The van der Waals surface area contributed by atoms with E-state index >= 15 is 0 Å². The molecule has 120 valence electrons. The van der Waals surface area contributed by atoms with E-state index in [0.29, 0.717) is 5.92 Å². The third-order valence-electron chi connectivity index (χ3n) is 5.44. The summed E-state index contributed by atoms with van der Waals surface area (Å²) in [5.74, 6) is 0.122. The number of nitrogens with one attached hydrogen (secondary N) is 1. The van der Waals surface area contributed by atoms with Gasteiger partial charge in [0.25, 0.3) is 0 Å². The second-order valence-electron chi connectivity index (χ2n) is 6.73. The van der Waals surface area contributed by atoms with Crippen molar-refractivity contribution in [3.8, 4) is 0 Å². The lowest BCUT2D eigenvalue weighted by Gasteiger charge is -2.21. The lowest BCUT2D eigenvalue weighted by Crippen LogP contribution is -2.34. The first-order valence-electron chi connectivity index (χ1n) is 8.36. The van der Waals surface area contributed by atoms with Gasteiger partial charge in [-0.25, -0.2) is 4.39 Å². The molecule has 0 saturated carbocycles. The summed E-state index contributed by atoms with van der Waals surface area (Å²) in [7, 11) is 1.96. The van der Waals surface area contributed by atoms with E-state index in [1.54, 1.807) is 12.1 Å². The summed E-state index contributed by atoms with van der Waals surface area (Å²) in [6.07, 6.45) is 1.93. The Bertz CT molecular complexity index is 729. The van der Waals surface area contributed by atoms with Crippen LogP contribution in [0.15, 0.2) is 42.5 Å². The monoisotopic (exact) mass is 311 g/mol. The Morgan fingerprint density at radius 2 is 1.91 bits per heavy atom. The van der Waals surface area contributed by atoms with Crippen LogP contribution in [0.5, 0.6) is 0 Å². The van der Waals surface area contributed by atoms with E-state index in [1.807, 2.05) is 13.1 Å². The molecule has 1 aliphatic heterocycles. The Morgan fingerprint density at radius 3 is 2.74 bits per heavy atom. The van der Waals surface area contributed by atoms with E-state index < -0.39 is 0 Å². The molecule has 2 aromatic rings. The second kappa shape index (κ2) is 5.73. The minimum Gasteiger partial charge on any atom is -0.368 e. The molecule has 2 nitrogen and oxygen atoms in total. The van der Waals surface area contributed by atoms with E-state index in [1.165, 1.54) is 16.7 Å². The molecule has 23 heavy (non-hydrogen) atoms. The molecular weight excluding hydrogens is 289 g/mol. The molecule has 4 rings (SSSR count). The minimum absolute atomic E-state index is 0.0508. The highest BCUT2D eigenvalue weighted by Crippen LogP contribution is 2.49. The van der Waals surface area contributed by atoms with Crippen molar-refractivity contribution in [3.63, 3.8) is 0 Å². The standard InChI is InChI=1S/C20H22FNO/c1-12(22-2)19-11-18-16-6-4-3-5-13(16)9-14-7-8-15(21)10-17(14)20(18)23-19/h3-8,10,12,18-20,22H,9,11H2,1-2H3/t12-,18+,19?,20+/m0/s1. The zero-order valence-electron chi connectivity index (χ0n) is 13.6. The van der Waals surface area contributed by atoms with Crippen molar-refractivity contribution in [1.29, 1.82) is 0 Å². The topological polar surface area (TPSA) is 21.3 Å². The van der Waals surface area contributed by atoms with Crippen molar-refractivity contribution in [1.82, 2.24) is 5.32 Å². The van der Waals surface area contributed by atoms with Gasteiger partial charge in [0.05, 0.1) is 12.2 Å². The van der Waals surface area contributed by atoms with Gasteiger partial charge in [0.15, 0.2) is 0 Å². The Balaban J connectivity index is 1.84. The summed E-state index contributed by atoms with van der Waals surface area (Å²) < 4.78 is 20.3. The molecule has 0 amide bonds. The van der Waals surface area contributed by atoms with Crippen molar-refractivity contribution in [3.05, 3.63) is 70.5 Å². The van der Waals surface area contributed by atoms with Gasteiger partial charge in [-0.15, -0.1) is 0 Å². The van der Waals surface area contributed by atoms with Crippen LogP contribution in [0.2, 0.25) is 0 Å². The van der Waals surface area contributed by atoms with Crippen LogP contribution in [0.3, 0.4) is 0 Å². The third-order valence-corrected chi connectivity index (χ3v) is 5.44. The fourth-order valence-electron chi connectivity index (χ4n) is 4.05. The van der Waals surface area contributed by atoms with Gasteiger partial charge in [0.1, 0.15) is 5.82 Å². The molecule has 1 unspecified atom stereocenters. The summed E-state index contributed by atoms with van der Waals surface area (Å²) >= 11 is 0. The molecule has 3 heteroatoms. The summed E-state index contributed by atoms with van der Waals surface area (Å²) in [5, 5.41) is 3.29. The maximum absolute atomic E-state index is 13.9. The number of rotatable bonds is 2. The molecule has 2 aromatic carbocycles. The van der Waals surface area contributed by atoms with Crippen LogP contribution < -0.4 is 5.32 Å². The molecule has 1 fully saturated rings. The zero-order chi connectivity index (χ0) is 16.0. The van der Waals surface area contributed by atoms with Crippen LogP contribution in [-0.2, 0) is 11.2 Å². The van der Waals surface area contributed by atoms with Crippen LogP contribution in [0.4, 0.5) is 4.39 Å². The van der Waals surface area contributed by atoms with Crippen LogP contribution in [-0.4, -0.2) is 19.2 Å². The van der Waals surface area contributed by atoms with Gasteiger partial charge >= 0.3 is 0 Å². The van der Waals surface area contributed by atoms with Crippen molar-refractivity contribution in [2.45, 2.75) is 43.9 Å². The van der Waals surface area contributed by atoms with E-state index in [0.717, 1.165) is 18.4 Å². The van der Waals surface area contributed by atoms with Crippen LogP contribution in [0.25, 0.3) is 0 Å². The molecule has 2 aliphatic rings. The Hall–Kier alpha value is -1.71. The van der Waals surface area contributed by atoms with Gasteiger partial charge in [0, 0.05) is 12.0 Å². The third kappa shape index (κ3) is 2.48. The number of hydrogen-bond donors (Lipinski definition) is 1. The number of likely N-dealkylation sites (N-methyl/N-ethyl adjacent to an activating group) is 1. The minimum atomic E-state index is -0.179. The predicted octanol–water partition coefficient (Wildman–Crippen LogP) is 3.95. The maximum Gasteiger partial charge on any atom is 0.123 e. The molecule has 1 aliphatic carbocycles. The van der Waals surface area contributed by atoms with Crippen molar-refractivity contribution in [2.24, 2.45) is 0 Å². The van der Waals surface area contributed by atoms with Gasteiger partial charge in [-0.05, 0) is 61.2 Å². The SMILES string of the molecule is CN[C@@H](C)C1C[C@@H]2c3ccccc3Cc3ccc(F)cc3[C@H]2O1. The van der Waals surface area contributed by atoms with Gasteiger partial charge in [-0.3, -0.25) is 0 Å². The number of fused-ring (bicyclic) bond motifs is 5. The molecule has 0 aromatic heterocycles. The van der Waals surface area contributed by atoms with Crippen LogP contribution >= 0.6 is 0 Å². The van der Waals surface area contributed by atoms with E-state index in [2.05, 4.69) is 36.5 Å². The Morgan fingerprint density at radius 1 is 1.13 bits per heavy atom. The fourth-order valence-corrected chi connectivity index (χ4v) is 4.05.